The van der Waals surface area contributed by atoms with Crippen LogP contribution in [0.25, 0.3) is 0 Å². The molecule has 0 spiro atoms. The zero-order valence-electron chi connectivity index (χ0n) is 12.0. The van der Waals surface area contributed by atoms with E-state index in [9.17, 15) is 14.4 Å². The summed E-state index contributed by atoms with van der Waals surface area (Å²) < 4.78 is 0. The third-order valence-corrected chi connectivity index (χ3v) is 3.46. The lowest BCUT2D eigenvalue weighted by atomic mass is 10.1. The van der Waals surface area contributed by atoms with Crippen molar-refractivity contribution in [2.45, 2.75) is 12.1 Å². The molecule has 0 aromatic heterocycles. The van der Waals surface area contributed by atoms with E-state index in [0.29, 0.717) is 5.56 Å². The maximum Gasteiger partial charge on any atom is 0.327 e. The van der Waals surface area contributed by atoms with Crippen LogP contribution in [0.2, 0.25) is 0 Å². The van der Waals surface area contributed by atoms with Crippen LogP contribution in [0.1, 0.15) is 11.6 Å². The van der Waals surface area contributed by atoms with Crippen molar-refractivity contribution in [2.24, 2.45) is 0 Å². The maximum absolute atomic E-state index is 12.3. The molecular formula is C14H18N2O5S. The van der Waals surface area contributed by atoms with Gasteiger partial charge in [-0.3, -0.25) is 9.59 Å². The van der Waals surface area contributed by atoms with Gasteiger partial charge in [-0.2, -0.15) is 11.8 Å². The Morgan fingerprint density at radius 3 is 2.32 bits per heavy atom. The molecule has 0 aliphatic carbocycles. The fraction of sp³-hybridized carbons (Fsp3) is 0.357. The molecule has 0 unspecified atom stereocenters. The minimum Gasteiger partial charge on any atom is -0.480 e. The number of amides is 2. The molecule has 2 atom stereocenters. The number of hydrogen-bond donors (Lipinski definition) is 4. The van der Waals surface area contributed by atoms with Crippen LogP contribution < -0.4 is 10.6 Å². The van der Waals surface area contributed by atoms with E-state index < -0.39 is 36.5 Å². The van der Waals surface area contributed by atoms with E-state index in [2.05, 4.69) is 10.6 Å². The van der Waals surface area contributed by atoms with Crippen molar-refractivity contribution in [1.29, 1.82) is 0 Å². The highest BCUT2D eigenvalue weighted by Gasteiger charge is 2.27. The molecule has 0 fully saturated rings. The Balaban J connectivity index is 2.92. The number of benzene rings is 1. The maximum atomic E-state index is 12.3. The highest BCUT2D eigenvalue weighted by atomic mass is 32.2. The Labute approximate surface area is 132 Å². The molecule has 0 saturated carbocycles. The van der Waals surface area contributed by atoms with Crippen LogP contribution in [0.15, 0.2) is 30.3 Å². The fourth-order valence-electron chi connectivity index (χ4n) is 1.75. The second-order valence-corrected chi connectivity index (χ2v) is 5.33. The molecule has 7 nitrogen and oxygen atoms in total. The number of nitrogens with one attached hydrogen (secondary N) is 2. The van der Waals surface area contributed by atoms with Crippen LogP contribution in [0.5, 0.6) is 0 Å². The van der Waals surface area contributed by atoms with Gasteiger partial charge in [0.25, 0.3) is 0 Å². The SMILES string of the molecule is CSC[C@H](NC(=O)[C@H](NC(=O)CO)c1ccccc1)C(=O)O. The van der Waals surface area contributed by atoms with Gasteiger partial charge in [0.05, 0.1) is 0 Å². The van der Waals surface area contributed by atoms with Crippen LogP contribution in [0.4, 0.5) is 0 Å². The molecule has 0 aliphatic heterocycles. The number of carbonyl (C=O) groups excluding carboxylic acids is 2. The van der Waals surface area contributed by atoms with Gasteiger partial charge < -0.3 is 20.8 Å². The van der Waals surface area contributed by atoms with Gasteiger partial charge in [0.1, 0.15) is 18.7 Å². The standard InChI is InChI=1S/C14H18N2O5S/c1-22-8-10(14(20)21)15-13(19)12(16-11(18)7-17)9-5-3-2-4-6-9/h2-6,10,12,17H,7-8H2,1H3,(H,15,19)(H,16,18)(H,20,21)/t10-,12+/m0/s1. The summed E-state index contributed by atoms with van der Waals surface area (Å²) in [5, 5.41) is 22.7. The lowest BCUT2D eigenvalue weighted by molar-refractivity contribution is -0.141. The van der Waals surface area contributed by atoms with Gasteiger partial charge in [-0.1, -0.05) is 30.3 Å². The summed E-state index contributed by atoms with van der Waals surface area (Å²) >= 11 is 1.28. The van der Waals surface area contributed by atoms with Crippen molar-refractivity contribution in [3.05, 3.63) is 35.9 Å². The van der Waals surface area contributed by atoms with E-state index in [0.717, 1.165) is 0 Å². The smallest absolute Gasteiger partial charge is 0.327 e. The van der Waals surface area contributed by atoms with E-state index in [1.54, 1.807) is 36.6 Å². The number of aliphatic hydroxyl groups is 1. The Bertz CT molecular complexity index is 523. The molecule has 2 amide bonds. The van der Waals surface area contributed by atoms with Gasteiger partial charge in [0.2, 0.25) is 11.8 Å². The summed E-state index contributed by atoms with van der Waals surface area (Å²) in [6.45, 7) is -0.760. The van der Waals surface area contributed by atoms with Crippen LogP contribution in [0.3, 0.4) is 0 Å². The van der Waals surface area contributed by atoms with E-state index in [4.69, 9.17) is 10.2 Å². The average molecular weight is 326 g/mol. The first-order valence-corrected chi connectivity index (χ1v) is 7.86. The molecule has 0 bridgehead atoms. The summed E-state index contributed by atoms with van der Waals surface area (Å²) in [7, 11) is 0. The minimum atomic E-state index is -1.15. The van der Waals surface area contributed by atoms with Crippen LogP contribution in [-0.4, -0.2) is 52.7 Å². The highest BCUT2D eigenvalue weighted by molar-refractivity contribution is 7.98. The molecular weight excluding hydrogens is 308 g/mol. The van der Waals surface area contributed by atoms with Crippen molar-refractivity contribution >= 4 is 29.5 Å². The molecule has 0 radical (unpaired) electrons. The predicted molar refractivity (Wildman–Crippen MR) is 82.4 cm³/mol. The molecule has 8 heteroatoms. The first-order chi connectivity index (χ1) is 10.5. The lowest BCUT2D eigenvalue weighted by Gasteiger charge is -2.21. The number of aliphatic hydroxyl groups excluding tert-OH is 1. The highest BCUT2D eigenvalue weighted by Crippen LogP contribution is 2.13. The Kier molecular flexibility index (Phi) is 7.41. The summed E-state index contributed by atoms with van der Waals surface area (Å²) in [6.07, 6.45) is 1.73. The predicted octanol–water partition coefficient (Wildman–Crippen LogP) is -0.231. The molecule has 22 heavy (non-hydrogen) atoms. The second kappa shape index (κ2) is 9.06. The Morgan fingerprint density at radius 2 is 1.82 bits per heavy atom. The lowest BCUT2D eigenvalue weighted by Crippen LogP contribution is -2.48. The monoisotopic (exact) mass is 326 g/mol. The molecule has 0 saturated heterocycles. The molecule has 4 N–H and O–H groups in total. The van der Waals surface area contributed by atoms with Gasteiger partial charge in [-0.15, -0.1) is 0 Å². The van der Waals surface area contributed by atoms with Gasteiger partial charge in [-0.25, -0.2) is 4.79 Å². The first kappa shape index (κ1) is 18.0. The summed E-state index contributed by atoms with van der Waals surface area (Å²) in [5.74, 6) is -2.31. The first-order valence-electron chi connectivity index (χ1n) is 6.46. The quantitative estimate of drug-likeness (QED) is 0.524. The number of hydrogen-bond acceptors (Lipinski definition) is 5. The van der Waals surface area contributed by atoms with E-state index in [-0.39, 0.29) is 5.75 Å². The molecule has 0 aliphatic rings. The topological polar surface area (TPSA) is 116 Å². The zero-order valence-corrected chi connectivity index (χ0v) is 12.8. The third-order valence-electron chi connectivity index (χ3n) is 2.79. The molecule has 1 aromatic carbocycles. The molecule has 120 valence electrons. The van der Waals surface area contributed by atoms with Crippen LogP contribution in [-0.2, 0) is 14.4 Å². The number of rotatable bonds is 8. The molecule has 1 rings (SSSR count). The van der Waals surface area contributed by atoms with Crippen molar-refractivity contribution in [2.75, 3.05) is 18.6 Å². The van der Waals surface area contributed by atoms with Gasteiger partial charge in [0.15, 0.2) is 0 Å². The van der Waals surface area contributed by atoms with E-state index in [1.807, 2.05) is 0 Å². The van der Waals surface area contributed by atoms with Crippen molar-refractivity contribution in [3.63, 3.8) is 0 Å². The van der Waals surface area contributed by atoms with Gasteiger partial charge in [-0.05, 0) is 11.8 Å². The zero-order chi connectivity index (χ0) is 16.5. The average Bonchev–Trinajstić information content (AvgIpc) is 2.52. The summed E-state index contributed by atoms with van der Waals surface area (Å²) in [4.78, 5) is 34.8. The Morgan fingerprint density at radius 1 is 1.18 bits per heavy atom. The minimum absolute atomic E-state index is 0.205. The second-order valence-electron chi connectivity index (χ2n) is 4.42. The number of thioether (sulfide) groups is 1. The van der Waals surface area contributed by atoms with E-state index in [1.165, 1.54) is 11.8 Å². The normalized spacial score (nSPS) is 13.0. The molecule has 1 aromatic rings. The largest absolute Gasteiger partial charge is 0.480 e. The number of aliphatic carboxylic acids is 1. The van der Waals surface area contributed by atoms with Crippen LogP contribution in [0, 0.1) is 0 Å². The number of carboxylic acid groups (broad SMARTS) is 1. The molecule has 0 heterocycles. The fourth-order valence-corrected chi connectivity index (χ4v) is 2.31. The van der Waals surface area contributed by atoms with Crippen molar-refractivity contribution in [3.8, 4) is 0 Å². The number of carbonyl (C=O) groups is 3. The van der Waals surface area contributed by atoms with Gasteiger partial charge >= 0.3 is 5.97 Å². The summed E-state index contributed by atoms with van der Waals surface area (Å²) in [6, 6.07) is 6.27. The number of carboxylic acids is 1. The summed E-state index contributed by atoms with van der Waals surface area (Å²) in [5.41, 5.74) is 0.495. The van der Waals surface area contributed by atoms with E-state index >= 15 is 0 Å². The third kappa shape index (κ3) is 5.38. The Hall–Kier alpha value is -2.06. The van der Waals surface area contributed by atoms with Gasteiger partial charge in [0, 0.05) is 5.75 Å². The van der Waals surface area contributed by atoms with Crippen molar-refractivity contribution in [1.82, 2.24) is 10.6 Å². The van der Waals surface area contributed by atoms with Crippen molar-refractivity contribution < 1.29 is 24.6 Å². The van der Waals surface area contributed by atoms with Crippen LogP contribution >= 0.6 is 11.8 Å².